The Morgan fingerprint density at radius 1 is 1.53 bits per heavy atom. The first-order valence-corrected chi connectivity index (χ1v) is 5.69. The number of halogens is 1. The summed E-state index contributed by atoms with van der Waals surface area (Å²) in [5.74, 6) is 0.520. The van der Waals surface area contributed by atoms with Crippen molar-refractivity contribution in [3.05, 3.63) is 23.2 Å². The third-order valence-electron chi connectivity index (χ3n) is 2.45. The van der Waals surface area contributed by atoms with Crippen LogP contribution in [0.4, 0.5) is 5.69 Å². The summed E-state index contributed by atoms with van der Waals surface area (Å²) in [5, 5.41) is 9.14. The van der Waals surface area contributed by atoms with E-state index in [0.29, 0.717) is 29.3 Å². The molecule has 1 amide bonds. The Labute approximate surface area is 106 Å². The van der Waals surface area contributed by atoms with Crippen molar-refractivity contribution in [1.82, 2.24) is 0 Å². The van der Waals surface area contributed by atoms with Gasteiger partial charge in [-0.3, -0.25) is 4.79 Å². The first-order valence-electron chi connectivity index (χ1n) is 5.31. The van der Waals surface area contributed by atoms with Gasteiger partial charge in [-0.2, -0.15) is 0 Å². The fourth-order valence-electron chi connectivity index (χ4n) is 1.41. The van der Waals surface area contributed by atoms with E-state index < -0.39 is 0 Å². The first-order chi connectivity index (χ1) is 8.10. The molecule has 0 saturated carbocycles. The normalized spacial score (nSPS) is 10.1. The third-order valence-corrected chi connectivity index (χ3v) is 2.74. The number of aliphatic hydroxyl groups is 1. The molecule has 0 atom stereocenters. The van der Waals surface area contributed by atoms with Crippen molar-refractivity contribution in [2.75, 3.05) is 25.7 Å². The van der Waals surface area contributed by atoms with Crippen LogP contribution in [0.3, 0.4) is 0 Å². The van der Waals surface area contributed by atoms with E-state index >= 15 is 0 Å². The lowest BCUT2D eigenvalue weighted by Gasteiger charge is -2.18. The summed E-state index contributed by atoms with van der Waals surface area (Å²) in [5.41, 5.74) is 0.707. The largest absolute Gasteiger partial charge is 0.495 e. The van der Waals surface area contributed by atoms with Gasteiger partial charge in [0.05, 0.1) is 12.1 Å². The standard InChI is InChI=1S/C12H16ClNO3/c1-14(12(16)4-3-7-15)9-5-6-11(17-2)10(13)8-9/h5-6,8,15H,3-4,7H2,1-2H3. The molecular weight excluding hydrogens is 242 g/mol. The number of ether oxygens (including phenoxy) is 1. The van der Waals surface area contributed by atoms with Crippen LogP contribution in [0.1, 0.15) is 12.8 Å². The minimum atomic E-state index is -0.0553. The fourth-order valence-corrected chi connectivity index (χ4v) is 1.66. The van der Waals surface area contributed by atoms with E-state index in [9.17, 15) is 4.79 Å². The van der Waals surface area contributed by atoms with E-state index in [1.54, 1.807) is 25.2 Å². The molecule has 0 heterocycles. The van der Waals surface area contributed by atoms with Gasteiger partial charge in [-0.05, 0) is 24.6 Å². The number of carbonyl (C=O) groups is 1. The smallest absolute Gasteiger partial charge is 0.226 e. The van der Waals surface area contributed by atoms with Crippen LogP contribution in [0.5, 0.6) is 5.75 Å². The molecule has 17 heavy (non-hydrogen) atoms. The number of anilines is 1. The lowest BCUT2D eigenvalue weighted by Crippen LogP contribution is -2.26. The number of hydrogen-bond donors (Lipinski definition) is 1. The molecule has 0 saturated heterocycles. The zero-order valence-corrected chi connectivity index (χ0v) is 10.7. The van der Waals surface area contributed by atoms with Crippen molar-refractivity contribution in [2.24, 2.45) is 0 Å². The Morgan fingerprint density at radius 3 is 2.76 bits per heavy atom. The number of aliphatic hydroxyl groups excluding tert-OH is 1. The summed E-state index contributed by atoms with van der Waals surface area (Å²) in [6.45, 7) is 0.0168. The lowest BCUT2D eigenvalue weighted by atomic mass is 10.2. The van der Waals surface area contributed by atoms with Crippen molar-refractivity contribution in [2.45, 2.75) is 12.8 Å². The highest BCUT2D eigenvalue weighted by atomic mass is 35.5. The Morgan fingerprint density at radius 2 is 2.24 bits per heavy atom. The van der Waals surface area contributed by atoms with Crippen molar-refractivity contribution >= 4 is 23.2 Å². The molecule has 0 fully saturated rings. The monoisotopic (exact) mass is 257 g/mol. The van der Waals surface area contributed by atoms with Gasteiger partial charge < -0.3 is 14.7 Å². The van der Waals surface area contributed by atoms with Gasteiger partial charge in [0.15, 0.2) is 0 Å². The molecule has 0 unspecified atom stereocenters. The van der Waals surface area contributed by atoms with Crippen LogP contribution in [0.2, 0.25) is 5.02 Å². The van der Waals surface area contributed by atoms with Crippen LogP contribution in [-0.4, -0.2) is 31.8 Å². The molecule has 0 aromatic heterocycles. The highest BCUT2D eigenvalue weighted by molar-refractivity contribution is 6.32. The van der Waals surface area contributed by atoms with Crippen LogP contribution >= 0.6 is 11.6 Å². The molecule has 0 aliphatic carbocycles. The molecule has 5 heteroatoms. The number of hydrogen-bond acceptors (Lipinski definition) is 3. The second-order valence-corrected chi connectivity index (χ2v) is 4.01. The predicted octanol–water partition coefficient (Wildman–Crippen LogP) is 2.08. The van der Waals surface area contributed by atoms with Crippen LogP contribution in [0.25, 0.3) is 0 Å². The zero-order valence-electron chi connectivity index (χ0n) is 9.94. The molecule has 0 spiro atoms. The van der Waals surface area contributed by atoms with Crippen molar-refractivity contribution in [3.63, 3.8) is 0 Å². The molecule has 1 rings (SSSR count). The second-order valence-electron chi connectivity index (χ2n) is 3.60. The minimum Gasteiger partial charge on any atom is -0.495 e. The molecule has 0 bridgehead atoms. The summed E-state index contributed by atoms with van der Waals surface area (Å²) in [4.78, 5) is 13.2. The van der Waals surface area contributed by atoms with Gasteiger partial charge in [-0.1, -0.05) is 11.6 Å². The van der Waals surface area contributed by atoms with Crippen molar-refractivity contribution in [3.8, 4) is 5.75 Å². The number of nitrogens with zero attached hydrogens (tertiary/aromatic N) is 1. The molecule has 0 aliphatic heterocycles. The summed E-state index contributed by atoms with van der Waals surface area (Å²) in [6, 6.07) is 5.16. The second kappa shape index (κ2) is 6.47. The summed E-state index contributed by atoms with van der Waals surface area (Å²) in [6.07, 6.45) is 0.781. The average molecular weight is 258 g/mol. The number of benzene rings is 1. The third kappa shape index (κ3) is 3.61. The predicted molar refractivity (Wildman–Crippen MR) is 67.7 cm³/mol. The Balaban J connectivity index is 2.78. The molecule has 4 nitrogen and oxygen atoms in total. The highest BCUT2D eigenvalue weighted by Crippen LogP contribution is 2.28. The van der Waals surface area contributed by atoms with Gasteiger partial charge in [-0.25, -0.2) is 0 Å². The topological polar surface area (TPSA) is 49.8 Å². The number of amides is 1. The van der Waals surface area contributed by atoms with E-state index in [0.717, 1.165) is 0 Å². The molecule has 0 radical (unpaired) electrons. The minimum absolute atomic E-state index is 0.0168. The Kier molecular flexibility index (Phi) is 5.25. The summed E-state index contributed by atoms with van der Waals surface area (Å²) < 4.78 is 5.04. The van der Waals surface area contributed by atoms with Gasteiger partial charge in [0, 0.05) is 25.8 Å². The quantitative estimate of drug-likeness (QED) is 0.879. The Bertz CT molecular complexity index is 395. The molecule has 1 N–H and O–H groups in total. The molecule has 94 valence electrons. The maximum atomic E-state index is 11.7. The van der Waals surface area contributed by atoms with E-state index in [-0.39, 0.29) is 12.5 Å². The first kappa shape index (κ1) is 13.8. The maximum absolute atomic E-state index is 11.7. The number of methoxy groups -OCH3 is 1. The van der Waals surface area contributed by atoms with E-state index in [4.69, 9.17) is 21.4 Å². The van der Waals surface area contributed by atoms with Gasteiger partial charge >= 0.3 is 0 Å². The van der Waals surface area contributed by atoms with Crippen molar-refractivity contribution in [1.29, 1.82) is 0 Å². The van der Waals surface area contributed by atoms with Crippen LogP contribution < -0.4 is 9.64 Å². The van der Waals surface area contributed by atoms with E-state index in [2.05, 4.69) is 0 Å². The van der Waals surface area contributed by atoms with E-state index in [1.165, 1.54) is 12.0 Å². The summed E-state index contributed by atoms with van der Waals surface area (Å²) in [7, 11) is 3.22. The molecule has 1 aromatic carbocycles. The van der Waals surface area contributed by atoms with Gasteiger partial charge in [-0.15, -0.1) is 0 Å². The van der Waals surface area contributed by atoms with Gasteiger partial charge in [0.2, 0.25) is 5.91 Å². The number of rotatable bonds is 5. The molecular formula is C12H16ClNO3. The van der Waals surface area contributed by atoms with Crippen LogP contribution in [-0.2, 0) is 4.79 Å². The highest BCUT2D eigenvalue weighted by Gasteiger charge is 2.12. The van der Waals surface area contributed by atoms with E-state index in [1.807, 2.05) is 0 Å². The SMILES string of the molecule is COc1ccc(N(C)C(=O)CCCO)cc1Cl. The van der Waals surface area contributed by atoms with Crippen molar-refractivity contribution < 1.29 is 14.6 Å². The Hall–Kier alpha value is -1.26. The van der Waals surface area contributed by atoms with Crippen LogP contribution in [0.15, 0.2) is 18.2 Å². The zero-order chi connectivity index (χ0) is 12.8. The summed E-state index contributed by atoms with van der Waals surface area (Å²) >= 11 is 5.98. The van der Waals surface area contributed by atoms with Crippen LogP contribution in [0, 0.1) is 0 Å². The van der Waals surface area contributed by atoms with Gasteiger partial charge in [0.25, 0.3) is 0 Å². The number of carbonyl (C=O) groups excluding carboxylic acids is 1. The fraction of sp³-hybridized carbons (Fsp3) is 0.417. The molecule has 1 aromatic rings. The average Bonchev–Trinajstić information content (AvgIpc) is 2.34. The lowest BCUT2D eigenvalue weighted by molar-refractivity contribution is -0.118. The molecule has 0 aliphatic rings. The van der Waals surface area contributed by atoms with Gasteiger partial charge in [0.1, 0.15) is 5.75 Å². The maximum Gasteiger partial charge on any atom is 0.226 e.